The number of anilines is 1. The van der Waals surface area contributed by atoms with Gasteiger partial charge in [-0.1, -0.05) is 18.2 Å². The molecule has 0 unspecified atom stereocenters. The van der Waals surface area contributed by atoms with E-state index in [2.05, 4.69) is 40.0 Å². The molecule has 1 spiro atoms. The monoisotopic (exact) mass is 407 g/mol. The van der Waals surface area contributed by atoms with Gasteiger partial charge in [-0.2, -0.15) is 0 Å². The molecule has 0 radical (unpaired) electrons. The summed E-state index contributed by atoms with van der Waals surface area (Å²) in [5.41, 5.74) is 1.33. The summed E-state index contributed by atoms with van der Waals surface area (Å²) < 4.78 is 40.9. The third-order valence-corrected chi connectivity index (χ3v) is 7.26. The molecule has 2 aliphatic rings. The van der Waals surface area contributed by atoms with Crippen LogP contribution in [-0.2, 0) is 0 Å². The van der Waals surface area contributed by atoms with Gasteiger partial charge in [-0.25, -0.2) is 0 Å². The van der Waals surface area contributed by atoms with Gasteiger partial charge in [-0.3, -0.25) is 0 Å². The first-order chi connectivity index (χ1) is 13.4. The van der Waals surface area contributed by atoms with Gasteiger partial charge in [0.25, 0.3) is 0 Å². The van der Waals surface area contributed by atoms with E-state index in [0.29, 0.717) is 10.7 Å². The van der Waals surface area contributed by atoms with Crippen LogP contribution in [0.4, 0.5) is 18.9 Å². The van der Waals surface area contributed by atoms with E-state index in [1.165, 1.54) is 42.7 Å². The number of ether oxygens (including phenoxy) is 1. The minimum absolute atomic E-state index is 0.163. The normalized spacial score (nSPS) is 25.2. The van der Waals surface area contributed by atoms with Gasteiger partial charge in [0.1, 0.15) is 5.75 Å². The van der Waals surface area contributed by atoms with Gasteiger partial charge in [0.15, 0.2) is 0 Å². The van der Waals surface area contributed by atoms with Crippen molar-refractivity contribution in [1.82, 2.24) is 0 Å². The summed E-state index contributed by atoms with van der Waals surface area (Å²) in [6, 6.07) is 16.9. The van der Waals surface area contributed by atoms with Crippen LogP contribution in [0, 0.1) is 5.41 Å². The van der Waals surface area contributed by atoms with Gasteiger partial charge < -0.3 is 9.64 Å². The van der Waals surface area contributed by atoms with E-state index in [1.54, 1.807) is 12.1 Å². The van der Waals surface area contributed by atoms with Crippen molar-refractivity contribution in [1.29, 1.82) is 0 Å². The van der Waals surface area contributed by atoms with Crippen molar-refractivity contribution < 1.29 is 17.9 Å². The van der Waals surface area contributed by atoms with Crippen molar-refractivity contribution in [3.05, 3.63) is 54.6 Å². The van der Waals surface area contributed by atoms with Crippen LogP contribution in [0.15, 0.2) is 59.5 Å². The smallest absolute Gasteiger partial charge is 0.406 e. The molecule has 2 nitrogen and oxygen atoms in total. The molecular weight excluding hydrogens is 383 g/mol. The highest BCUT2D eigenvalue weighted by molar-refractivity contribution is 8.00. The number of thioether (sulfide) groups is 1. The second-order valence-corrected chi connectivity index (χ2v) is 9.22. The summed E-state index contributed by atoms with van der Waals surface area (Å²) in [4.78, 5) is 3.65. The molecule has 2 fully saturated rings. The maximum absolute atomic E-state index is 12.3. The van der Waals surface area contributed by atoms with Crippen LogP contribution >= 0.6 is 11.8 Å². The average Bonchev–Trinajstić information content (AvgIpc) is 3.08. The number of benzene rings is 2. The van der Waals surface area contributed by atoms with Crippen LogP contribution in [0.3, 0.4) is 0 Å². The second-order valence-electron chi connectivity index (χ2n) is 7.84. The molecule has 1 saturated heterocycles. The van der Waals surface area contributed by atoms with Gasteiger partial charge in [-0.15, -0.1) is 24.9 Å². The molecule has 1 saturated carbocycles. The molecule has 2 aromatic carbocycles. The van der Waals surface area contributed by atoms with Gasteiger partial charge in [-0.05, 0) is 73.9 Å². The van der Waals surface area contributed by atoms with E-state index in [9.17, 15) is 13.2 Å². The van der Waals surface area contributed by atoms with E-state index >= 15 is 0 Å². The van der Waals surface area contributed by atoms with Crippen LogP contribution in [0.2, 0.25) is 0 Å². The zero-order valence-corrected chi connectivity index (χ0v) is 16.4. The maximum atomic E-state index is 12.3. The Morgan fingerprint density at radius 3 is 2.25 bits per heavy atom. The molecule has 0 N–H and O–H groups in total. The predicted octanol–water partition coefficient (Wildman–Crippen LogP) is 6.52. The summed E-state index contributed by atoms with van der Waals surface area (Å²) in [5, 5.41) is 0.681. The predicted molar refractivity (Wildman–Crippen MR) is 107 cm³/mol. The quantitative estimate of drug-likeness (QED) is 0.573. The molecule has 1 aliphatic heterocycles. The average molecular weight is 408 g/mol. The fraction of sp³-hybridized carbons (Fsp3) is 0.455. The van der Waals surface area contributed by atoms with Gasteiger partial charge in [0.05, 0.1) is 0 Å². The topological polar surface area (TPSA) is 12.5 Å². The third kappa shape index (κ3) is 4.77. The SMILES string of the molecule is FC(F)(F)Oc1ccc(N2CCC3(CCC(Sc4ccccc4)CC3)C2)cc1. The molecule has 0 aromatic heterocycles. The first-order valence-electron chi connectivity index (χ1n) is 9.73. The molecule has 150 valence electrons. The highest BCUT2D eigenvalue weighted by Crippen LogP contribution is 2.48. The first-order valence-corrected chi connectivity index (χ1v) is 10.6. The highest BCUT2D eigenvalue weighted by Gasteiger charge is 2.41. The Labute approximate surface area is 168 Å². The van der Waals surface area contributed by atoms with Crippen LogP contribution in [-0.4, -0.2) is 24.7 Å². The molecule has 0 atom stereocenters. The number of alkyl halides is 3. The van der Waals surface area contributed by atoms with Gasteiger partial charge in [0.2, 0.25) is 0 Å². The lowest BCUT2D eigenvalue weighted by atomic mass is 9.73. The number of nitrogens with zero attached hydrogens (tertiary/aromatic N) is 1. The van der Waals surface area contributed by atoms with E-state index < -0.39 is 6.36 Å². The van der Waals surface area contributed by atoms with Crippen molar-refractivity contribution in [2.45, 2.75) is 48.6 Å². The minimum atomic E-state index is -4.64. The number of halogens is 3. The molecule has 4 rings (SSSR count). The van der Waals surface area contributed by atoms with Crippen LogP contribution < -0.4 is 9.64 Å². The van der Waals surface area contributed by atoms with Crippen LogP contribution in [0.1, 0.15) is 32.1 Å². The third-order valence-electron chi connectivity index (χ3n) is 5.91. The van der Waals surface area contributed by atoms with E-state index in [4.69, 9.17) is 0 Å². The molecule has 1 heterocycles. The minimum Gasteiger partial charge on any atom is -0.406 e. The zero-order chi connectivity index (χ0) is 19.6. The van der Waals surface area contributed by atoms with Crippen molar-refractivity contribution >= 4 is 17.4 Å². The van der Waals surface area contributed by atoms with Crippen molar-refractivity contribution in [2.75, 3.05) is 18.0 Å². The Morgan fingerprint density at radius 1 is 0.929 bits per heavy atom. The lowest BCUT2D eigenvalue weighted by Crippen LogP contribution is -2.32. The first kappa shape index (κ1) is 19.5. The van der Waals surface area contributed by atoms with Crippen LogP contribution in [0.5, 0.6) is 5.75 Å². The number of rotatable bonds is 4. The van der Waals surface area contributed by atoms with Gasteiger partial charge >= 0.3 is 6.36 Å². The fourth-order valence-electron chi connectivity index (χ4n) is 4.44. The Kier molecular flexibility index (Phi) is 5.50. The summed E-state index contributed by atoms with van der Waals surface area (Å²) >= 11 is 1.99. The molecule has 2 aromatic rings. The Bertz CT molecular complexity index is 771. The second kappa shape index (κ2) is 7.90. The molecule has 0 amide bonds. The standard InChI is InChI=1S/C22H24F3NOS/c23-22(24,25)27-18-8-6-17(7-9-18)26-15-14-21(16-26)12-10-20(11-13-21)28-19-4-2-1-3-5-19/h1-9,20H,10-16H2. The highest BCUT2D eigenvalue weighted by atomic mass is 32.2. The lowest BCUT2D eigenvalue weighted by Gasteiger charge is -2.37. The van der Waals surface area contributed by atoms with Gasteiger partial charge in [0, 0.05) is 28.9 Å². The van der Waals surface area contributed by atoms with Crippen molar-refractivity contribution in [3.63, 3.8) is 0 Å². The van der Waals surface area contributed by atoms with E-state index in [1.807, 2.05) is 11.8 Å². The fourth-order valence-corrected chi connectivity index (χ4v) is 5.61. The van der Waals surface area contributed by atoms with Crippen LogP contribution in [0.25, 0.3) is 0 Å². The molecule has 1 aliphatic carbocycles. The van der Waals surface area contributed by atoms with Crippen molar-refractivity contribution in [3.8, 4) is 5.75 Å². The summed E-state index contributed by atoms with van der Waals surface area (Å²) in [5.74, 6) is -0.163. The van der Waals surface area contributed by atoms with E-state index in [0.717, 1.165) is 25.2 Å². The summed E-state index contributed by atoms with van der Waals surface area (Å²) in [6.07, 6.45) is 1.43. The Morgan fingerprint density at radius 2 is 1.61 bits per heavy atom. The summed E-state index contributed by atoms with van der Waals surface area (Å²) in [7, 11) is 0. The zero-order valence-electron chi connectivity index (χ0n) is 15.6. The lowest BCUT2D eigenvalue weighted by molar-refractivity contribution is -0.274. The molecule has 28 heavy (non-hydrogen) atoms. The van der Waals surface area contributed by atoms with Crippen molar-refractivity contribution in [2.24, 2.45) is 5.41 Å². The maximum Gasteiger partial charge on any atom is 0.573 e. The molecular formula is C22H24F3NOS. The Hall–Kier alpha value is -1.82. The molecule has 6 heteroatoms. The summed E-state index contributed by atoms with van der Waals surface area (Å²) in [6.45, 7) is 1.96. The largest absolute Gasteiger partial charge is 0.573 e. The number of hydrogen-bond acceptors (Lipinski definition) is 3. The van der Waals surface area contributed by atoms with E-state index in [-0.39, 0.29) is 5.75 Å². The Balaban J connectivity index is 1.32. The number of hydrogen-bond donors (Lipinski definition) is 0. The molecule has 0 bridgehead atoms.